The molecule has 2 N–H and O–H groups in total. The van der Waals surface area contributed by atoms with Crippen molar-refractivity contribution >= 4 is 21.9 Å². The number of carboxylic acid groups (broad SMARTS) is 1. The van der Waals surface area contributed by atoms with Crippen LogP contribution in [0.3, 0.4) is 0 Å². The lowest BCUT2D eigenvalue weighted by Crippen LogP contribution is -2.18. The molecular formula is C11H14BrNO3. The zero-order chi connectivity index (χ0) is 12.0. The fourth-order valence-electron chi connectivity index (χ4n) is 1.22. The van der Waals surface area contributed by atoms with E-state index in [1.807, 2.05) is 0 Å². The molecule has 0 aliphatic carbocycles. The van der Waals surface area contributed by atoms with Gasteiger partial charge in [-0.2, -0.15) is 0 Å². The second-order valence-electron chi connectivity index (χ2n) is 3.28. The zero-order valence-electron chi connectivity index (χ0n) is 9.00. The molecule has 0 saturated carbocycles. The highest BCUT2D eigenvalue weighted by Gasteiger charge is 2.06. The number of benzene rings is 1. The van der Waals surface area contributed by atoms with Gasteiger partial charge in [0.2, 0.25) is 0 Å². The number of aromatic carboxylic acids is 1. The molecule has 0 spiro atoms. The summed E-state index contributed by atoms with van der Waals surface area (Å²) in [7, 11) is 1.65. The van der Waals surface area contributed by atoms with Gasteiger partial charge in [-0.25, -0.2) is 4.79 Å². The van der Waals surface area contributed by atoms with Gasteiger partial charge in [0.05, 0.1) is 12.2 Å². The molecule has 88 valence electrons. The standard InChI is InChI=1S/C11H14BrNO3/c1-16-5-4-13-7-9-3-2-8(11(14)15)6-10(9)12/h2-3,6,13H,4-5,7H2,1H3,(H,14,15). The van der Waals surface area contributed by atoms with Crippen LogP contribution in [0.1, 0.15) is 15.9 Å². The zero-order valence-corrected chi connectivity index (χ0v) is 10.6. The first-order valence-electron chi connectivity index (χ1n) is 4.86. The van der Waals surface area contributed by atoms with Crippen LogP contribution in [-0.4, -0.2) is 31.3 Å². The van der Waals surface area contributed by atoms with Crippen LogP contribution in [0.4, 0.5) is 0 Å². The maximum Gasteiger partial charge on any atom is 0.335 e. The van der Waals surface area contributed by atoms with Crippen molar-refractivity contribution in [3.8, 4) is 0 Å². The molecule has 0 saturated heterocycles. The number of methoxy groups -OCH3 is 1. The Balaban J connectivity index is 2.57. The smallest absolute Gasteiger partial charge is 0.335 e. The van der Waals surface area contributed by atoms with Crippen molar-refractivity contribution < 1.29 is 14.6 Å². The molecule has 0 unspecified atom stereocenters. The van der Waals surface area contributed by atoms with Crippen molar-refractivity contribution in [3.05, 3.63) is 33.8 Å². The molecule has 0 amide bonds. The van der Waals surface area contributed by atoms with Crippen LogP contribution >= 0.6 is 15.9 Å². The maximum absolute atomic E-state index is 10.7. The topological polar surface area (TPSA) is 58.6 Å². The summed E-state index contributed by atoms with van der Waals surface area (Å²) in [5, 5.41) is 12.0. The van der Waals surface area contributed by atoms with E-state index in [1.54, 1.807) is 25.3 Å². The molecule has 4 nitrogen and oxygen atoms in total. The number of carboxylic acids is 1. The van der Waals surface area contributed by atoms with E-state index in [2.05, 4.69) is 21.2 Å². The van der Waals surface area contributed by atoms with Gasteiger partial charge >= 0.3 is 5.97 Å². The van der Waals surface area contributed by atoms with E-state index in [1.165, 1.54) is 0 Å². The lowest BCUT2D eigenvalue weighted by molar-refractivity contribution is 0.0697. The maximum atomic E-state index is 10.7. The fraction of sp³-hybridized carbons (Fsp3) is 0.364. The van der Waals surface area contributed by atoms with E-state index in [-0.39, 0.29) is 5.56 Å². The summed E-state index contributed by atoms with van der Waals surface area (Å²) in [5.41, 5.74) is 1.31. The molecule has 5 heteroatoms. The van der Waals surface area contributed by atoms with E-state index >= 15 is 0 Å². The Kier molecular flexibility index (Phi) is 5.45. The molecule has 0 aromatic heterocycles. The number of rotatable bonds is 6. The molecular weight excluding hydrogens is 274 g/mol. The summed E-state index contributed by atoms with van der Waals surface area (Å²) in [6, 6.07) is 5.00. The third-order valence-electron chi connectivity index (χ3n) is 2.10. The molecule has 1 rings (SSSR count). The molecule has 1 aromatic carbocycles. The molecule has 0 aliphatic rings. The summed E-state index contributed by atoms with van der Waals surface area (Å²) in [5.74, 6) is -0.917. The summed E-state index contributed by atoms with van der Waals surface area (Å²) in [6.45, 7) is 2.11. The van der Waals surface area contributed by atoms with Crippen molar-refractivity contribution in [1.29, 1.82) is 0 Å². The van der Waals surface area contributed by atoms with Gasteiger partial charge in [-0.3, -0.25) is 0 Å². The van der Waals surface area contributed by atoms with E-state index in [9.17, 15) is 4.79 Å². The van der Waals surface area contributed by atoms with Crippen LogP contribution in [0.25, 0.3) is 0 Å². The number of ether oxygens (including phenoxy) is 1. The number of hydrogen-bond acceptors (Lipinski definition) is 3. The monoisotopic (exact) mass is 287 g/mol. The highest BCUT2D eigenvalue weighted by molar-refractivity contribution is 9.10. The Morgan fingerprint density at radius 3 is 2.88 bits per heavy atom. The summed E-state index contributed by atoms with van der Waals surface area (Å²) >= 11 is 3.35. The Bertz CT molecular complexity index is 368. The molecule has 0 atom stereocenters. The third kappa shape index (κ3) is 3.92. The van der Waals surface area contributed by atoms with Gasteiger partial charge in [0, 0.05) is 24.7 Å². The Morgan fingerprint density at radius 2 is 2.31 bits per heavy atom. The average molecular weight is 288 g/mol. The minimum atomic E-state index is -0.917. The number of halogens is 1. The molecule has 0 heterocycles. The number of carbonyl (C=O) groups is 1. The third-order valence-corrected chi connectivity index (χ3v) is 2.84. The fourth-order valence-corrected chi connectivity index (χ4v) is 1.74. The van der Waals surface area contributed by atoms with Crippen LogP contribution in [0, 0.1) is 0 Å². The van der Waals surface area contributed by atoms with Crippen LogP contribution in [0.15, 0.2) is 22.7 Å². The molecule has 0 bridgehead atoms. The first kappa shape index (κ1) is 13.2. The summed E-state index contributed by atoms with van der Waals surface area (Å²) < 4.78 is 5.71. The lowest BCUT2D eigenvalue weighted by Gasteiger charge is -2.07. The van der Waals surface area contributed by atoms with Crippen molar-refractivity contribution in [1.82, 2.24) is 5.32 Å². The van der Waals surface area contributed by atoms with Gasteiger partial charge in [0.1, 0.15) is 0 Å². The predicted molar refractivity (Wildman–Crippen MR) is 64.7 cm³/mol. The van der Waals surface area contributed by atoms with Crippen molar-refractivity contribution in [2.24, 2.45) is 0 Å². The van der Waals surface area contributed by atoms with Crippen LogP contribution in [0.2, 0.25) is 0 Å². The summed E-state index contributed by atoms with van der Waals surface area (Å²) in [4.78, 5) is 10.7. The van der Waals surface area contributed by atoms with Gasteiger partial charge in [0.15, 0.2) is 0 Å². The van der Waals surface area contributed by atoms with E-state index in [4.69, 9.17) is 9.84 Å². The lowest BCUT2D eigenvalue weighted by atomic mass is 10.1. The largest absolute Gasteiger partial charge is 0.478 e. The van der Waals surface area contributed by atoms with Crippen molar-refractivity contribution in [3.63, 3.8) is 0 Å². The normalized spacial score (nSPS) is 10.4. The first-order chi connectivity index (χ1) is 7.65. The minimum absolute atomic E-state index is 0.285. The molecule has 1 aromatic rings. The van der Waals surface area contributed by atoms with Gasteiger partial charge < -0.3 is 15.2 Å². The van der Waals surface area contributed by atoms with Gasteiger partial charge in [-0.15, -0.1) is 0 Å². The van der Waals surface area contributed by atoms with Crippen LogP contribution in [-0.2, 0) is 11.3 Å². The summed E-state index contributed by atoms with van der Waals surface area (Å²) in [6.07, 6.45) is 0. The Morgan fingerprint density at radius 1 is 1.56 bits per heavy atom. The quantitative estimate of drug-likeness (QED) is 0.785. The average Bonchev–Trinajstić information content (AvgIpc) is 2.26. The van der Waals surface area contributed by atoms with E-state index in [0.717, 1.165) is 16.6 Å². The molecule has 0 aliphatic heterocycles. The van der Waals surface area contributed by atoms with E-state index in [0.29, 0.717) is 13.2 Å². The van der Waals surface area contributed by atoms with Gasteiger partial charge in [-0.05, 0) is 17.7 Å². The van der Waals surface area contributed by atoms with Gasteiger partial charge in [-0.1, -0.05) is 22.0 Å². The molecule has 0 fully saturated rings. The number of nitrogens with one attached hydrogen (secondary N) is 1. The van der Waals surface area contributed by atoms with Crippen molar-refractivity contribution in [2.45, 2.75) is 6.54 Å². The second-order valence-corrected chi connectivity index (χ2v) is 4.14. The Labute approximate surface area is 103 Å². The van der Waals surface area contributed by atoms with Gasteiger partial charge in [0.25, 0.3) is 0 Å². The van der Waals surface area contributed by atoms with Crippen LogP contribution in [0.5, 0.6) is 0 Å². The SMILES string of the molecule is COCCNCc1ccc(C(=O)O)cc1Br. The molecule has 16 heavy (non-hydrogen) atoms. The van der Waals surface area contributed by atoms with Crippen LogP contribution < -0.4 is 5.32 Å². The molecule has 0 radical (unpaired) electrons. The minimum Gasteiger partial charge on any atom is -0.478 e. The highest BCUT2D eigenvalue weighted by Crippen LogP contribution is 2.18. The highest BCUT2D eigenvalue weighted by atomic mass is 79.9. The Hall–Kier alpha value is -0.910. The predicted octanol–water partition coefficient (Wildman–Crippen LogP) is 1.88. The first-order valence-corrected chi connectivity index (χ1v) is 5.66. The van der Waals surface area contributed by atoms with E-state index < -0.39 is 5.97 Å². The second kappa shape index (κ2) is 6.62. The van der Waals surface area contributed by atoms with Crippen molar-refractivity contribution in [2.75, 3.05) is 20.3 Å². The number of hydrogen-bond donors (Lipinski definition) is 2.